The molecule has 5 nitrogen and oxygen atoms in total. The van der Waals surface area contributed by atoms with Crippen molar-refractivity contribution in [1.29, 1.82) is 0 Å². The van der Waals surface area contributed by atoms with E-state index in [0.717, 1.165) is 0 Å². The van der Waals surface area contributed by atoms with Crippen molar-refractivity contribution in [3.8, 4) is 5.88 Å². The number of carbonyl (C=O) groups is 1. The minimum Gasteiger partial charge on any atom is -0.481 e. The van der Waals surface area contributed by atoms with E-state index in [0.29, 0.717) is 11.6 Å². The fourth-order valence-electron chi connectivity index (χ4n) is 1.04. The largest absolute Gasteiger partial charge is 0.481 e. The summed E-state index contributed by atoms with van der Waals surface area (Å²) in [6.07, 6.45) is -0.577. The van der Waals surface area contributed by atoms with E-state index in [-0.39, 0.29) is 5.15 Å². The van der Waals surface area contributed by atoms with Crippen molar-refractivity contribution in [3.05, 3.63) is 17.3 Å². The van der Waals surface area contributed by atoms with E-state index in [1.807, 2.05) is 0 Å². The predicted molar refractivity (Wildman–Crippen MR) is 65.7 cm³/mol. The van der Waals surface area contributed by atoms with Crippen molar-refractivity contribution in [1.82, 2.24) is 4.98 Å². The van der Waals surface area contributed by atoms with Gasteiger partial charge < -0.3 is 9.47 Å². The topological polar surface area (TPSA) is 60.5 Å². The van der Waals surface area contributed by atoms with Crippen LogP contribution < -0.4 is 10.1 Å². The molecule has 1 rings (SSSR count). The molecule has 94 valence electrons. The van der Waals surface area contributed by atoms with E-state index in [1.54, 1.807) is 32.9 Å². The van der Waals surface area contributed by atoms with Crippen LogP contribution in [-0.2, 0) is 4.74 Å². The summed E-state index contributed by atoms with van der Waals surface area (Å²) in [5.74, 6) is 0.379. The number of hydrogen-bond acceptors (Lipinski definition) is 4. The summed E-state index contributed by atoms with van der Waals surface area (Å²) in [4.78, 5) is 15.4. The molecule has 1 N–H and O–H groups in total. The zero-order valence-electron chi connectivity index (χ0n) is 10.2. The Balaban J connectivity index is 2.72. The molecule has 0 bridgehead atoms. The zero-order valence-corrected chi connectivity index (χ0v) is 11.0. The van der Waals surface area contributed by atoms with Crippen molar-refractivity contribution < 1.29 is 14.3 Å². The third-order valence-corrected chi connectivity index (χ3v) is 1.96. The number of pyridine rings is 1. The second-order valence-corrected chi connectivity index (χ2v) is 4.68. The van der Waals surface area contributed by atoms with E-state index in [4.69, 9.17) is 21.1 Å². The standard InChI is InChI=1S/C11H15ClN2O3/c1-11(2,3)17-10(15)13-7-5-6-8(16-4)14-9(7)12/h5-6H,1-4H3,(H,13,15). The predicted octanol–water partition coefficient (Wildman–Crippen LogP) is 3.09. The van der Waals surface area contributed by atoms with Crippen molar-refractivity contribution in [2.45, 2.75) is 26.4 Å². The Morgan fingerprint density at radius 1 is 1.41 bits per heavy atom. The molecule has 0 aliphatic heterocycles. The Labute approximate surface area is 105 Å². The molecule has 0 unspecified atom stereocenters. The van der Waals surface area contributed by atoms with Gasteiger partial charge in [0.25, 0.3) is 0 Å². The first-order valence-electron chi connectivity index (χ1n) is 5.02. The fraction of sp³-hybridized carbons (Fsp3) is 0.455. The average Bonchev–Trinajstić information content (AvgIpc) is 2.18. The van der Waals surface area contributed by atoms with Gasteiger partial charge in [0, 0.05) is 6.07 Å². The number of carbonyl (C=O) groups excluding carboxylic acids is 1. The molecule has 0 saturated carbocycles. The van der Waals surface area contributed by atoms with Crippen LogP contribution in [0.1, 0.15) is 20.8 Å². The molecule has 6 heteroatoms. The highest BCUT2D eigenvalue weighted by Crippen LogP contribution is 2.23. The smallest absolute Gasteiger partial charge is 0.412 e. The summed E-state index contributed by atoms with van der Waals surface area (Å²) in [5, 5.41) is 2.66. The zero-order chi connectivity index (χ0) is 13.1. The number of rotatable bonds is 2. The van der Waals surface area contributed by atoms with Crippen LogP contribution in [0.25, 0.3) is 0 Å². The summed E-state index contributed by atoms with van der Waals surface area (Å²) in [6, 6.07) is 3.19. The number of nitrogens with zero attached hydrogens (tertiary/aromatic N) is 1. The minimum absolute atomic E-state index is 0.148. The summed E-state index contributed by atoms with van der Waals surface area (Å²) in [5.41, 5.74) is -0.182. The summed E-state index contributed by atoms with van der Waals surface area (Å²) in [7, 11) is 1.49. The van der Waals surface area contributed by atoms with Gasteiger partial charge in [-0.15, -0.1) is 0 Å². The molecule has 0 spiro atoms. The minimum atomic E-state index is -0.577. The Hall–Kier alpha value is -1.49. The van der Waals surface area contributed by atoms with Crippen molar-refractivity contribution in [3.63, 3.8) is 0 Å². The molecule has 1 aromatic rings. The van der Waals surface area contributed by atoms with Gasteiger partial charge in [0.05, 0.1) is 12.8 Å². The van der Waals surface area contributed by atoms with Gasteiger partial charge in [0.2, 0.25) is 5.88 Å². The lowest BCUT2D eigenvalue weighted by atomic mass is 10.2. The maximum absolute atomic E-state index is 11.5. The van der Waals surface area contributed by atoms with Crippen LogP contribution in [0.3, 0.4) is 0 Å². The first-order chi connectivity index (χ1) is 7.81. The van der Waals surface area contributed by atoms with Gasteiger partial charge in [-0.3, -0.25) is 5.32 Å². The van der Waals surface area contributed by atoms with Gasteiger partial charge in [-0.05, 0) is 26.8 Å². The number of aromatic nitrogens is 1. The van der Waals surface area contributed by atoms with Gasteiger partial charge >= 0.3 is 6.09 Å². The Bertz CT molecular complexity index is 416. The van der Waals surface area contributed by atoms with E-state index < -0.39 is 11.7 Å². The number of ether oxygens (including phenoxy) is 2. The van der Waals surface area contributed by atoms with Crippen molar-refractivity contribution in [2.24, 2.45) is 0 Å². The average molecular weight is 259 g/mol. The highest BCUT2D eigenvalue weighted by atomic mass is 35.5. The lowest BCUT2D eigenvalue weighted by Crippen LogP contribution is -2.27. The quantitative estimate of drug-likeness (QED) is 0.828. The Morgan fingerprint density at radius 2 is 2.06 bits per heavy atom. The molecular formula is C11H15ClN2O3. The molecule has 1 amide bonds. The highest BCUT2D eigenvalue weighted by Gasteiger charge is 2.17. The van der Waals surface area contributed by atoms with E-state index in [1.165, 1.54) is 7.11 Å². The van der Waals surface area contributed by atoms with Crippen LogP contribution in [-0.4, -0.2) is 23.8 Å². The van der Waals surface area contributed by atoms with Crippen LogP contribution in [0.2, 0.25) is 5.15 Å². The van der Waals surface area contributed by atoms with Crippen molar-refractivity contribution >= 4 is 23.4 Å². The number of anilines is 1. The SMILES string of the molecule is COc1ccc(NC(=O)OC(C)(C)C)c(Cl)n1. The second-order valence-electron chi connectivity index (χ2n) is 4.32. The molecule has 0 aliphatic carbocycles. The van der Waals surface area contributed by atoms with Crippen LogP contribution in [0.5, 0.6) is 5.88 Å². The number of halogens is 1. The molecule has 0 aliphatic rings. The number of amides is 1. The molecule has 1 heterocycles. The number of methoxy groups -OCH3 is 1. The first kappa shape index (κ1) is 13.6. The van der Waals surface area contributed by atoms with Gasteiger partial charge in [-0.1, -0.05) is 11.6 Å². The molecular weight excluding hydrogens is 244 g/mol. The normalized spacial score (nSPS) is 10.9. The van der Waals surface area contributed by atoms with E-state index in [2.05, 4.69) is 10.3 Å². The highest BCUT2D eigenvalue weighted by molar-refractivity contribution is 6.32. The van der Waals surface area contributed by atoms with Gasteiger partial charge in [-0.25, -0.2) is 4.79 Å². The van der Waals surface area contributed by atoms with Crippen molar-refractivity contribution in [2.75, 3.05) is 12.4 Å². The summed E-state index contributed by atoms with van der Waals surface area (Å²) < 4.78 is 9.98. The van der Waals surface area contributed by atoms with Gasteiger partial charge in [0.1, 0.15) is 5.60 Å². The first-order valence-corrected chi connectivity index (χ1v) is 5.40. The van der Waals surface area contributed by atoms with Crippen LogP contribution in [0, 0.1) is 0 Å². The maximum atomic E-state index is 11.5. The third-order valence-electron chi connectivity index (χ3n) is 1.67. The molecule has 1 aromatic heterocycles. The molecule has 0 atom stereocenters. The van der Waals surface area contributed by atoms with Gasteiger partial charge in [0.15, 0.2) is 5.15 Å². The summed E-state index contributed by atoms with van der Waals surface area (Å²) in [6.45, 7) is 5.33. The molecule has 0 saturated heterocycles. The van der Waals surface area contributed by atoms with Crippen LogP contribution in [0.4, 0.5) is 10.5 Å². The van der Waals surface area contributed by atoms with E-state index >= 15 is 0 Å². The second kappa shape index (κ2) is 5.23. The van der Waals surface area contributed by atoms with Crippen LogP contribution in [0.15, 0.2) is 12.1 Å². The number of nitrogens with one attached hydrogen (secondary N) is 1. The van der Waals surface area contributed by atoms with Crippen LogP contribution >= 0.6 is 11.6 Å². The molecule has 17 heavy (non-hydrogen) atoms. The fourth-order valence-corrected chi connectivity index (χ4v) is 1.23. The van der Waals surface area contributed by atoms with E-state index in [9.17, 15) is 4.79 Å². The Kier molecular flexibility index (Phi) is 4.17. The maximum Gasteiger partial charge on any atom is 0.412 e. The number of hydrogen-bond donors (Lipinski definition) is 1. The summed E-state index contributed by atoms with van der Waals surface area (Å²) >= 11 is 5.86. The third kappa shape index (κ3) is 4.48. The Morgan fingerprint density at radius 3 is 2.53 bits per heavy atom. The lowest BCUT2D eigenvalue weighted by Gasteiger charge is -2.19. The lowest BCUT2D eigenvalue weighted by molar-refractivity contribution is 0.0636. The van der Waals surface area contributed by atoms with Gasteiger partial charge in [-0.2, -0.15) is 4.98 Å². The monoisotopic (exact) mass is 258 g/mol. The molecule has 0 fully saturated rings. The molecule has 0 aromatic carbocycles. The molecule has 0 radical (unpaired) electrons.